The Kier molecular flexibility index (Phi) is 5.67. The van der Waals surface area contributed by atoms with Crippen LogP contribution in [0.15, 0.2) is 12.1 Å². The summed E-state index contributed by atoms with van der Waals surface area (Å²) in [5.74, 6) is -1.48. The molecule has 120 valence electrons. The van der Waals surface area contributed by atoms with Gasteiger partial charge in [-0.05, 0) is 0 Å². The summed E-state index contributed by atoms with van der Waals surface area (Å²) in [4.78, 5) is 32.6. The molecule has 0 spiro atoms. The van der Waals surface area contributed by atoms with Gasteiger partial charge in [0.2, 0.25) is 0 Å². The van der Waals surface area contributed by atoms with Gasteiger partial charge in [0.1, 0.15) is 5.75 Å². The zero-order valence-corrected chi connectivity index (χ0v) is 12.4. The molecule has 0 aliphatic heterocycles. The molecule has 0 heterocycles. The minimum absolute atomic E-state index is 0.0139. The molecule has 0 saturated heterocycles. The molecule has 0 radical (unpaired) electrons. The van der Waals surface area contributed by atoms with Crippen molar-refractivity contribution in [1.29, 1.82) is 0 Å². The fraction of sp³-hybridized carbons (Fsp3) is 0.385. The standard InChI is InChI=1S/C13H15NO8/c1-7(15)21-13(22-8(2)16)9-5-12(20-4)10(14(17)18)6-11(9)19-3/h5-6,13H,1-4H3. The number of nitro groups is 1. The van der Waals surface area contributed by atoms with Gasteiger partial charge in [0.05, 0.1) is 30.8 Å². The number of carbonyl (C=O) groups excluding carboxylic acids is 2. The van der Waals surface area contributed by atoms with Gasteiger partial charge >= 0.3 is 17.6 Å². The molecule has 0 amide bonds. The van der Waals surface area contributed by atoms with Gasteiger partial charge in [-0.25, -0.2) is 0 Å². The number of carbonyl (C=O) groups is 2. The summed E-state index contributed by atoms with van der Waals surface area (Å²) in [7, 11) is 2.51. The Morgan fingerprint density at radius 1 is 1.05 bits per heavy atom. The smallest absolute Gasteiger partial charge is 0.314 e. The van der Waals surface area contributed by atoms with Gasteiger partial charge in [-0.1, -0.05) is 0 Å². The molecule has 0 fully saturated rings. The summed E-state index contributed by atoms with van der Waals surface area (Å²) >= 11 is 0. The van der Waals surface area contributed by atoms with Crippen molar-refractivity contribution >= 4 is 17.6 Å². The van der Waals surface area contributed by atoms with Crippen molar-refractivity contribution in [3.63, 3.8) is 0 Å². The Morgan fingerprint density at radius 3 is 1.91 bits per heavy atom. The minimum Gasteiger partial charge on any atom is -0.496 e. The zero-order valence-electron chi connectivity index (χ0n) is 12.4. The first-order chi connectivity index (χ1) is 10.3. The predicted octanol–water partition coefficient (Wildman–Crippen LogP) is 1.74. The number of nitro benzene ring substituents is 1. The van der Waals surface area contributed by atoms with E-state index in [9.17, 15) is 19.7 Å². The number of hydrogen-bond acceptors (Lipinski definition) is 8. The van der Waals surface area contributed by atoms with Crippen LogP contribution in [0.4, 0.5) is 5.69 Å². The summed E-state index contributed by atoms with van der Waals surface area (Å²) in [5, 5.41) is 11.0. The predicted molar refractivity (Wildman–Crippen MR) is 72.5 cm³/mol. The Hall–Kier alpha value is -2.84. The fourth-order valence-corrected chi connectivity index (χ4v) is 1.68. The molecular formula is C13H15NO8. The van der Waals surface area contributed by atoms with Crippen LogP contribution in [0.25, 0.3) is 0 Å². The number of nitrogens with zero attached hydrogens (tertiary/aromatic N) is 1. The third kappa shape index (κ3) is 4.08. The van der Waals surface area contributed by atoms with Crippen LogP contribution >= 0.6 is 0 Å². The Morgan fingerprint density at radius 2 is 1.55 bits per heavy atom. The van der Waals surface area contributed by atoms with E-state index in [-0.39, 0.29) is 22.7 Å². The highest BCUT2D eigenvalue weighted by Crippen LogP contribution is 2.38. The van der Waals surface area contributed by atoms with Crippen molar-refractivity contribution in [1.82, 2.24) is 0 Å². The lowest BCUT2D eigenvalue weighted by Gasteiger charge is -2.19. The van der Waals surface area contributed by atoms with Crippen LogP contribution in [-0.2, 0) is 19.1 Å². The van der Waals surface area contributed by atoms with Crippen molar-refractivity contribution in [3.05, 3.63) is 27.8 Å². The molecule has 1 aromatic rings. The number of benzene rings is 1. The number of esters is 2. The van der Waals surface area contributed by atoms with Gasteiger partial charge < -0.3 is 18.9 Å². The first kappa shape index (κ1) is 17.2. The summed E-state index contributed by atoms with van der Waals surface area (Å²) in [6, 6.07) is 2.31. The van der Waals surface area contributed by atoms with Gasteiger partial charge in [-0.3, -0.25) is 19.7 Å². The van der Waals surface area contributed by atoms with Crippen molar-refractivity contribution < 1.29 is 33.5 Å². The van der Waals surface area contributed by atoms with E-state index in [1.165, 1.54) is 20.3 Å². The molecule has 1 aromatic carbocycles. The maximum atomic E-state index is 11.1. The fourth-order valence-electron chi connectivity index (χ4n) is 1.68. The molecule has 1 rings (SSSR count). The Balaban J connectivity index is 3.42. The van der Waals surface area contributed by atoms with Crippen LogP contribution in [0.2, 0.25) is 0 Å². The second-order valence-electron chi connectivity index (χ2n) is 4.07. The molecule has 0 aromatic heterocycles. The van der Waals surface area contributed by atoms with Crippen LogP contribution in [0.1, 0.15) is 25.7 Å². The molecule has 0 aliphatic carbocycles. The Labute approximate surface area is 125 Å². The van der Waals surface area contributed by atoms with E-state index >= 15 is 0 Å². The molecule has 0 unspecified atom stereocenters. The molecule has 0 atom stereocenters. The quantitative estimate of drug-likeness (QED) is 0.337. The maximum Gasteiger partial charge on any atom is 0.314 e. The zero-order chi connectivity index (χ0) is 16.9. The second kappa shape index (κ2) is 7.25. The van der Waals surface area contributed by atoms with Gasteiger partial charge in [0.15, 0.2) is 5.75 Å². The van der Waals surface area contributed by atoms with E-state index < -0.39 is 23.2 Å². The average Bonchev–Trinajstić information content (AvgIpc) is 2.43. The topological polar surface area (TPSA) is 114 Å². The van der Waals surface area contributed by atoms with Crippen molar-refractivity contribution in [2.24, 2.45) is 0 Å². The van der Waals surface area contributed by atoms with Crippen molar-refractivity contribution in [2.75, 3.05) is 14.2 Å². The second-order valence-corrected chi connectivity index (χ2v) is 4.07. The molecule has 9 heteroatoms. The Bertz CT molecular complexity index is 582. The van der Waals surface area contributed by atoms with E-state index in [0.29, 0.717) is 0 Å². The van der Waals surface area contributed by atoms with E-state index in [2.05, 4.69) is 0 Å². The lowest BCUT2D eigenvalue weighted by Crippen LogP contribution is -2.16. The lowest BCUT2D eigenvalue weighted by atomic mass is 10.1. The van der Waals surface area contributed by atoms with Gasteiger partial charge in [0, 0.05) is 19.9 Å². The summed E-state index contributed by atoms with van der Waals surface area (Å²) in [5.41, 5.74) is -0.233. The monoisotopic (exact) mass is 313 g/mol. The summed E-state index contributed by atoms with van der Waals surface area (Å²) in [6.45, 7) is 2.26. The lowest BCUT2D eigenvalue weighted by molar-refractivity contribution is -0.385. The highest BCUT2D eigenvalue weighted by Gasteiger charge is 2.27. The van der Waals surface area contributed by atoms with Crippen LogP contribution in [0, 0.1) is 10.1 Å². The number of hydrogen-bond donors (Lipinski definition) is 0. The van der Waals surface area contributed by atoms with Crippen LogP contribution in [-0.4, -0.2) is 31.1 Å². The molecule has 0 aliphatic rings. The first-order valence-corrected chi connectivity index (χ1v) is 6.04. The summed E-state index contributed by atoms with van der Waals surface area (Å²) < 4.78 is 19.8. The molecule has 0 N–H and O–H groups in total. The first-order valence-electron chi connectivity index (χ1n) is 6.04. The number of rotatable bonds is 6. The van der Waals surface area contributed by atoms with Gasteiger partial charge in [0.25, 0.3) is 6.29 Å². The normalized spacial score (nSPS) is 10.0. The third-order valence-corrected chi connectivity index (χ3v) is 2.53. The number of methoxy groups -OCH3 is 2. The SMILES string of the molecule is COc1cc([N+](=O)[O-])c(OC)cc1C(OC(C)=O)OC(C)=O. The van der Waals surface area contributed by atoms with Crippen molar-refractivity contribution in [2.45, 2.75) is 20.1 Å². The summed E-state index contributed by atoms with van der Waals surface area (Å²) in [6.07, 6.45) is -1.40. The van der Waals surface area contributed by atoms with Gasteiger partial charge in [-0.2, -0.15) is 0 Å². The molecule has 0 bridgehead atoms. The van der Waals surface area contributed by atoms with E-state index in [1.54, 1.807) is 0 Å². The molecular weight excluding hydrogens is 298 g/mol. The highest BCUT2D eigenvalue weighted by molar-refractivity contribution is 5.69. The van der Waals surface area contributed by atoms with E-state index in [4.69, 9.17) is 18.9 Å². The minimum atomic E-state index is -1.40. The number of ether oxygens (including phenoxy) is 4. The van der Waals surface area contributed by atoms with E-state index in [1.807, 2.05) is 0 Å². The highest BCUT2D eigenvalue weighted by atomic mass is 16.7. The van der Waals surface area contributed by atoms with Crippen LogP contribution < -0.4 is 9.47 Å². The molecule has 9 nitrogen and oxygen atoms in total. The van der Waals surface area contributed by atoms with Crippen LogP contribution in [0.5, 0.6) is 11.5 Å². The third-order valence-electron chi connectivity index (χ3n) is 2.53. The largest absolute Gasteiger partial charge is 0.496 e. The maximum absolute atomic E-state index is 11.1. The molecule has 22 heavy (non-hydrogen) atoms. The van der Waals surface area contributed by atoms with E-state index in [0.717, 1.165) is 19.9 Å². The van der Waals surface area contributed by atoms with Crippen molar-refractivity contribution in [3.8, 4) is 11.5 Å². The molecule has 0 saturated carbocycles. The van der Waals surface area contributed by atoms with Gasteiger partial charge in [-0.15, -0.1) is 0 Å². The average molecular weight is 313 g/mol. The van der Waals surface area contributed by atoms with Crippen LogP contribution in [0.3, 0.4) is 0 Å².